The monoisotopic (exact) mass is 284 g/mol. The number of carboxylic acid groups (broad SMARTS) is 1. The number of hydrogen-bond acceptors (Lipinski definition) is 3. The van der Waals surface area contributed by atoms with Crippen molar-refractivity contribution in [3.8, 4) is 0 Å². The highest BCUT2D eigenvalue weighted by molar-refractivity contribution is 7.99. The van der Waals surface area contributed by atoms with Crippen LogP contribution < -0.4 is 0 Å². The molecule has 3 nitrogen and oxygen atoms in total. The fourth-order valence-electron chi connectivity index (χ4n) is 2.48. The lowest BCUT2D eigenvalue weighted by atomic mass is 9.90. The Morgan fingerprint density at radius 2 is 1.90 bits per heavy atom. The van der Waals surface area contributed by atoms with E-state index in [1.807, 2.05) is 42.5 Å². The molecule has 0 saturated heterocycles. The topological polar surface area (TPSA) is 54.4 Å². The van der Waals surface area contributed by atoms with Crippen molar-refractivity contribution in [2.75, 3.05) is 0 Å². The Balaban J connectivity index is 2.09. The highest BCUT2D eigenvalue weighted by Crippen LogP contribution is 2.45. The molecule has 2 aromatic carbocycles. The maximum atomic E-state index is 11.5. The van der Waals surface area contributed by atoms with E-state index in [-0.39, 0.29) is 12.3 Å². The van der Waals surface area contributed by atoms with Gasteiger partial charge in [0, 0.05) is 9.79 Å². The van der Waals surface area contributed by atoms with Gasteiger partial charge in [-0.05, 0) is 28.8 Å². The molecule has 0 radical (unpaired) electrons. The molecule has 2 aromatic rings. The zero-order valence-electron chi connectivity index (χ0n) is 10.6. The fraction of sp³-hybridized carbons (Fsp3) is 0.125. The lowest BCUT2D eigenvalue weighted by Crippen LogP contribution is -2.11. The molecule has 0 aromatic heterocycles. The number of carboxylic acids is 1. The summed E-state index contributed by atoms with van der Waals surface area (Å²) in [6.45, 7) is 0. The molecule has 0 bridgehead atoms. The number of hydrogen-bond donors (Lipinski definition) is 1. The lowest BCUT2D eigenvalue weighted by molar-refractivity contribution is -0.136. The number of benzene rings is 2. The van der Waals surface area contributed by atoms with Crippen LogP contribution in [0.1, 0.15) is 22.6 Å². The summed E-state index contributed by atoms with van der Waals surface area (Å²) in [6, 6.07) is 13.4. The van der Waals surface area contributed by atoms with Gasteiger partial charge in [0.2, 0.25) is 0 Å². The first-order valence-electron chi connectivity index (χ1n) is 6.25. The first-order valence-corrected chi connectivity index (χ1v) is 7.07. The number of aldehydes is 1. The van der Waals surface area contributed by atoms with Crippen LogP contribution in [0.5, 0.6) is 0 Å². The Morgan fingerprint density at radius 1 is 1.15 bits per heavy atom. The van der Waals surface area contributed by atoms with Crippen LogP contribution in [-0.4, -0.2) is 17.4 Å². The number of aliphatic carboxylic acids is 1. The van der Waals surface area contributed by atoms with E-state index in [0.717, 1.165) is 32.8 Å². The molecule has 1 aliphatic rings. The van der Waals surface area contributed by atoms with Crippen molar-refractivity contribution in [3.63, 3.8) is 0 Å². The van der Waals surface area contributed by atoms with Gasteiger partial charge >= 0.3 is 5.97 Å². The van der Waals surface area contributed by atoms with Crippen molar-refractivity contribution in [2.24, 2.45) is 0 Å². The van der Waals surface area contributed by atoms with Gasteiger partial charge < -0.3 is 9.90 Å². The van der Waals surface area contributed by atoms with E-state index in [1.165, 1.54) is 0 Å². The zero-order chi connectivity index (χ0) is 14.1. The highest BCUT2D eigenvalue weighted by atomic mass is 32.2. The van der Waals surface area contributed by atoms with Gasteiger partial charge in [-0.3, -0.25) is 4.79 Å². The summed E-state index contributed by atoms with van der Waals surface area (Å²) < 4.78 is 0. The fourth-order valence-corrected chi connectivity index (χ4v) is 3.62. The molecule has 0 fully saturated rings. The van der Waals surface area contributed by atoms with Crippen molar-refractivity contribution >= 4 is 24.0 Å². The van der Waals surface area contributed by atoms with E-state index in [9.17, 15) is 9.59 Å². The average molecular weight is 284 g/mol. The molecule has 1 N–H and O–H groups in total. The summed E-state index contributed by atoms with van der Waals surface area (Å²) in [5.74, 6) is -1.17. The smallest absolute Gasteiger partial charge is 0.307 e. The third-order valence-corrected chi connectivity index (χ3v) is 4.56. The van der Waals surface area contributed by atoms with Crippen LogP contribution in [0.15, 0.2) is 52.3 Å². The maximum Gasteiger partial charge on any atom is 0.307 e. The second-order valence-corrected chi connectivity index (χ2v) is 5.78. The molecule has 1 atom stereocenters. The van der Waals surface area contributed by atoms with Crippen LogP contribution in [0.3, 0.4) is 0 Å². The Hall–Kier alpha value is -2.07. The van der Waals surface area contributed by atoms with E-state index >= 15 is 0 Å². The van der Waals surface area contributed by atoms with Crippen molar-refractivity contribution in [1.29, 1.82) is 0 Å². The summed E-state index contributed by atoms with van der Waals surface area (Å²) in [6.07, 6.45) is 0.910. The Labute approximate surface area is 120 Å². The van der Waals surface area contributed by atoms with Crippen LogP contribution in [0.2, 0.25) is 0 Å². The van der Waals surface area contributed by atoms with Gasteiger partial charge in [-0.2, -0.15) is 0 Å². The van der Waals surface area contributed by atoms with Gasteiger partial charge in [0.15, 0.2) is 0 Å². The predicted octanol–water partition coefficient (Wildman–Crippen LogP) is 3.11. The molecular weight excluding hydrogens is 272 g/mol. The molecule has 0 amide bonds. The van der Waals surface area contributed by atoms with Crippen molar-refractivity contribution in [2.45, 2.75) is 22.1 Å². The Kier molecular flexibility index (Phi) is 3.32. The molecule has 0 aliphatic carbocycles. The summed E-state index contributed by atoms with van der Waals surface area (Å²) >= 11 is 1.62. The lowest BCUT2D eigenvalue weighted by Gasteiger charge is -2.24. The van der Waals surface area contributed by atoms with Gasteiger partial charge in [-0.25, -0.2) is 0 Å². The minimum atomic E-state index is -0.864. The van der Waals surface area contributed by atoms with Crippen molar-refractivity contribution < 1.29 is 14.7 Å². The van der Waals surface area contributed by atoms with Gasteiger partial charge in [-0.1, -0.05) is 42.1 Å². The summed E-state index contributed by atoms with van der Waals surface area (Å²) in [7, 11) is 0. The van der Waals surface area contributed by atoms with E-state index in [2.05, 4.69) is 0 Å². The SMILES string of the molecule is O=CC1c2ccccc2Sc2ccc(CC(=O)O)cc21. The average Bonchev–Trinajstić information content (AvgIpc) is 2.44. The molecule has 0 saturated carbocycles. The third kappa shape index (κ3) is 2.23. The second-order valence-electron chi connectivity index (χ2n) is 4.70. The Morgan fingerprint density at radius 3 is 2.65 bits per heavy atom. The number of fused-ring (bicyclic) bond motifs is 2. The van der Waals surface area contributed by atoms with Crippen LogP contribution in [0, 0.1) is 0 Å². The van der Waals surface area contributed by atoms with E-state index < -0.39 is 5.97 Å². The number of carbonyl (C=O) groups excluding carboxylic acids is 1. The maximum absolute atomic E-state index is 11.5. The molecule has 100 valence electrons. The molecule has 3 rings (SSSR count). The quantitative estimate of drug-likeness (QED) is 0.880. The van der Waals surface area contributed by atoms with Crippen molar-refractivity contribution in [3.05, 3.63) is 59.2 Å². The van der Waals surface area contributed by atoms with E-state index in [0.29, 0.717) is 0 Å². The Bertz CT molecular complexity index is 694. The van der Waals surface area contributed by atoms with Crippen molar-refractivity contribution in [1.82, 2.24) is 0 Å². The normalized spacial score (nSPS) is 16.1. The predicted molar refractivity (Wildman–Crippen MR) is 76.3 cm³/mol. The van der Waals surface area contributed by atoms with Gasteiger partial charge in [0.25, 0.3) is 0 Å². The second kappa shape index (κ2) is 5.13. The summed E-state index contributed by atoms with van der Waals surface area (Å²) in [4.78, 5) is 24.4. The van der Waals surface area contributed by atoms with Crippen LogP contribution in [0.4, 0.5) is 0 Å². The van der Waals surface area contributed by atoms with Gasteiger partial charge in [0.1, 0.15) is 6.29 Å². The molecule has 1 heterocycles. The molecule has 1 unspecified atom stereocenters. The third-order valence-electron chi connectivity index (χ3n) is 3.37. The highest BCUT2D eigenvalue weighted by Gasteiger charge is 2.25. The molecule has 0 spiro atoms. The zero-order valence-corrected chi connectivity index (χ0v) is 11.4. The van der Waals surface area contributed by atoms with Crippen LogP contribution in [-0.2, 0) is 16.0 Å². The molecule has 1 aliphatic heterocycles. The number of rotatable bonds is 3. The molecular formula is C16H12O3S. The first-order chi connectivity index (χ1) is 9.69. The minimum Gasteiger partial charge on any atom is -0.481 e. The summed E-state index contributed by atoms with van der Waals surface area (Å²) in [5, 5.41) is 8.88. The number of carbonyl (C=O) groups is 2. The molecule has 20 heavy (non-hydrogen) atoms. The van der Waals surface area contributed by atoms with Crippen LogP contribution >= 0.6 is 11.8 Å². The first kappa shape index (κ1) is 12.9. The van der Waals surface area contributed by atoms with Crippen LogP contribution in [0.25, 0.3) is 0 Å². The largest absolute Gasteiger partial charge is 0.481 e. The van der Waals surface area contributed by atoms with E-state index in [4.69, 9.17) is 5.11 Å². The van der Waals surface area contributed by atoms with Gasteiger partial charge in [-0.15, -0.1) is 0 Å². The minimum absolute atomic E-state index is 0.0226. The standard InChI is InChI=1S/C16H12O3S/c17-9-13-11-3-1-2-4-14(11)20-15-6-5-10(7-12(13)15)8-16(18)19/h1-7,9,13H,8H2,(H,18,19). The van der Waals surface area contributed by atoms with E-state index in [1.54, 1.807) is 11.8 Å². The van der Waals surface area contributed by atoms with Gasteiger partial charge in [0.05, 0.1) is 12.3 Å². The molecule has 4 heteroatoms. The summed E-state index contributed by atoms with van der Waals surface area (Å²) in [5.41, 5.74) is 2.62.